The van der Waals surface area contributed by atoms with E-state index in [0.717, 1.165) is 12.7 Å². The van der Waals surface area contributed by atoms with Crippen LogP contribution in [0.25, 0.3) is 0 Å². The Hall–Kier alpha value is -1.12. The zero-order valence-electron chi connectivity index (χ0n) is 14.7. The van der Waals surface area contributed by atoms with Gasteiger partial charge < -0.3 is 14.2 Å². The average Bonchev–Trinajstić information content (AvgIpc) is 3.14. The van der Waals surface area contributed by atoms with Crippen LogP contribution < -0.4 is 0 Å². The number of rotatable bonds is 3. The number of fused-ring (bicyclic) bond motifs is 9. The minimum absolute atomic E-state index is 0.227. The van der Waals surface area contributed by atoms with Gasteiger partial charge in [0.05, 0.1) is 12.4 Å². The highest BCUT2D eigenvalue weighted by molar-refractivity contribution is 7.86. The van der Waals surface area contributed by atoms with Gasteiger partial charge in [-0.1, -0.05) is 12.2 Å². The van der Waals surface area contributed by atoms with Gasteiger partial charge in [0.2, 0.25) is 0 Å². The molecule has 25 heavy (non-hydrogen) atoms. The van der Waals surface area contributed by atoms with E-state index in [0.29, 0.717) is 11.8 Å². The van der Waals surface area contributed by atoms with Gasteiger partial charge in [-0.3, -0.25) is 4.18 Å². The second kappa shape index (κ2) is 5.44. The summed E-state index contributed by atoms with van der Waals surface area (Å²) in [6.07, 6.45) is 3.30. The van der Waals surface area contributed by atoms with Crippen molar-refractivity contribution in [3.05, 3.63) is 12.2 Å². The fourth-order valence-electron chi connectivity index (χ4n) is 4.98. The van der Waals surface area contributed by atoms with Crippen LogP contribution >= 0.6 is 0 Å². The molecule has 140 valence electrons. The number of hydrogen-bond acceptors (Lipinski definition) is 7. The van der Waals surface area contributed by atoms with Crippen molar-refractivity contribution in [2.75, 3.05) is 6.26 Å². The first-order chi connectivity index (χ1) is 11.5. The van der Waals surface area contributed by atoms with Gasteiger partial charge in [0, 0.05) is 11.8 Å². The summed E-state index contributed by atoms with van der Waals surface area (Å²) in [7, 11) is -3.71. The van der Waals surface area contributed by atoms with Crippen LogP contribution in [0, 0.1) is 23.7 Å². The molecule has 8 heteroatoms. The van der Waals surface area contributed by atoms with Gasteiger partial charge >= 0.3 is 6.16 Å². The molecule has 8 atom stereocenters. The van der Waals surface area contributed by atoms with Crippen LogP contribution in [0.4, 0.5) is 4.79 Å². The van der Waals surface area contributed by atoms with Gasteiger partial charge in [-0.2, -0.15) is 8.42 Å². The molecule has 0 amide bonds. The molecule has 4 bridgehead atoms. The van der Waals surface area contributed by atoms with Crippen LogP contribution in [0.1, 0.15) is 27.2 Å². The van der Waals surface area contributed by atoms with Crippen molar-refractivity contribution in [3.8, 4) is 0 Å². The standard InChI is InChI=1S/C17H24O7S/c1-17(2,3)23-16(18)22-14-12-10-8-5-6-9(7-8)11(10)13(21-12)15(14)24-25(4,19)20/h5-6,8-15H,7H2,1-4H3. The van der Waals surface area contributed by atoms with Gasteiger partial charge in [-0.25, -0.2) is 4.79 Å². The Kier molecular flexibility index (Phi) is 3.76. The maximum Gasteiger partial charge on any atom is 0.509 e. The maximum absolute atomic E-state index is 12.1. The highest BCUT2D eigenvalue weighted by Crippen LogP contribution is 2.61. The Morgan fingerprint density at radius 3 is 2.16 bits per heavy atom. The van der Waals surface area contributed by atoms with Crippen LogP contribution in [0.3, 0.4) is 0 Å². The normalized spacial score (nSPS) is 44.2. The molecule has 2 heterocycles. The van der Waals surface area contributed by atoms with E-state index in [1.54, 1.807) is 20.8 Å². The van der Waals surface area contributed by atoms with Gasteiger partial charge in [0.1, 0.15) is 17.8 Å². The Balaban J connectivity index is 1.58. The fraction of sp³-hybridized carbons (Fsp3) is 0.824. The summed E-state index contributed by atoms with van der Waals surface area (Å²) in [4.78, 5) is 12.1. The van der Waals surface area contributed by atoms with E-state index in [4.69, 9.17) is 18.4 Å². The first kappa shape index (κ1) is 17.3. The summed E-state index contributed by atoms with van der Waals surface area (Å²) in [6.45, 7) is 5.23. The van der Waals surface area contributed by atoms with E-state index in [9.17, 15) is 13.2 Å². The second-order valence-corrected chi connectivity index (χ2v) is 10.1. The molecule has 0 spiro atoms. The molecule has 0 aromatic carbocycles. The molecule has 0 radical (unpaired) electrons. The second-order valence-electron chi connectivity index (χ2n) is 8.48. The molecule has 0 aromatic heterocycles. The van der Waals surface area contributed by atoms with E-state index in [2.05, 4.69) is 12.2 Å². The molecule has 2 aliphatic heterocycles. The third-order valence-corrected chi connectivity index (χ3v) is 6.11. The molecule has 0 aromatic rings. The summed E-state index contributed by atoms with van der Waals surface area (Å²) in [5, 5.41) is 0. The smallest absolute Gasteiger partial charge is 0.429 e. The minimum atomic E-state index is -3.71. The van der Waals surface area contributed by atoms with E-state index in [-0.39, 0.29) is 24.0 Å². The Morgan fingerprint density at radius 2 is 1.64 bits per heavy atom. The van der Waals surface area contributed by atoms with Crippen molar-refractivity contribution < 1.29 is 31.6 Å². The maximum atomic E-state index is 12.1. The molecule has 3 fully saturated rings. The zero-order valence-corrected chi connectivity index (χ0v) is 15.6. The lowest BCUT2D eigenvalue weighted by Gasteiger charge is -2.37. The first-order valence-electron chi connectivity index (χ1n) is 8.65. The number of allylic oxidation sites excluding steroid dienone is 2. The van der Waals surface area contributed by atoms with Crippen LogP contribution in [0.5, 0.6) is 0 Å². The van der Waals surface area contributed by atoms with Crippen molar-refractivity contribution in [3.63, 3.8) is 0 Å². The van der Waals surface area contributed by atoms with Crippen LogP contribution in [0.15, 0.2) is 12.2 Å². The topological polar surface area (TPSA) is 88.1 Å². The van der Waals surface area contributed by atoms with E-state index in [1.807, 2.05) is 0 Å². The molecule has 2 saturated heterocycles. The Bertz CT molecular complexity index is 707. The Labute approximate surface area is 147 Å². The van der Waals surface area contributed by atoms with E-state index < -0.39 is 34.1 Å². The van der Waals surface area contributed by atoms with Gasteiger partial charge in [-0.05, 0) is 39.0 Å². The third kappa shape index (κ3) is 2.98. The highest BCUT2D eigenvalue weighted by Gasteiger charge is 2.68. The van der Waals surface area contributed by atoms with Gasteiger partial charge in [0.25, 0.3) is 10.1 Å². The monoisotopic (exact) mass is 372 g/mol. The van der Waals surface area contributed by atoms with E-state index >= 15 is 0 Å². The number of carbonyl (C=O) groups excluding carboxylic acids is 1. The van der Waals surface area contributed by atoms with Crippen molar-refractivity contribution in [2.45, 2.75) is 57.2 Å². The first-order valence-corrected chi connectivity index (χ1v) is 10.5. The molecular formula is C17H24O7S. The van der Waals surface area contributed by atoms with Crippen molar-refractivity contribution in [1.29, 1.82) is 0 Å². The lowest BCUT2D eigenvalue weighted by atomic mass is 9.71. The number of ether oxygens (including phenoxy) is 3. The molecule has 8 unspecified atom stereocenters. The third-order valence-electron chi connectivity index (χ3n) is 5.54. The van der Waals surface area contributed by atoms with Crippen molar-refractivity contribution in [1.82, 2.24) is 0 Å². The lowest BCUT2D eigenvalue weighted by molar-refractivity contribution is -0.0712. The fourth-order valence-corrected chi connectivity index (χ4v) is 5.61. The van der Waals surface area contributed by atoms with Crippen LogP contribution in [-0.2, 0) is 28.5 Å². The SMILES string of the molecule is CC(C)(C)OC(=O)OC1C(OS(C)(=O)=O)C2OC1C1C3C=CC(C3)C21. The summed E-state index contributed by atoms with van der Waals surface area (Å²) in [5.74, 6) is 1.25. The zero-order chi connectivity index (χ0) is 18.1. The number of hydrogen-bond donors (Lipinski definition) is 0. The summed E-state index contributed by atoms with van der Waals surface area (Å²) < 4.78 is 45.5. The predicted molar refractivity (Wildman–Crippen MR) is 87.2 cm³/mol. The van der Waals surface area contributed by atoms with Crippen LogP contribution in [0.2, 0.25) is 0 Å². The summed E-state index contributed by atoms with van der Waals surface area (Å²) >= 11 is 0. The molecule has 1 saturated carbocycles. The minimum Gasteiger partial charge on any atom is -0.429 e. The quantitative estimate of drug-likeness (QED) is 0.424. The highest BCUT2D eigenvalue weighted by atomic mass is 32.2. The Morgan fingerprint density at radius 1 is 1.08 bits per heavy atom. The summed E-state index contributed by atoms with van der Waals surface area (Å²) in [6, 6.07) is 0. The molecule has 7 nitrogen and oxygen atoms in total. The molecule has 0 N–H and O–H groups in total. The summed E-state index contributed by atoms with van der Waals surface area (Å²) in [5.41, 5.74) is -0.694. The predicted octanol–water partition coefficient (Wildman–Crippen LogP) is 1.87. The molecule has 2 aliphatic carbocycles. The average molecular weight is 372 g/mol. The molecule has 4 rings (SSSR count). The van der Waals surface area contributed by atoms with E-state index in [1.165, 1.54) is 0 Å². The number of carbonyl (C=O) groups is 1. The molecule has 4 aliphatic rings. The van der Waals surface area contributed by atoms with Crippen molar-refractivity contribution >= 4 is 16.3 Å². The van der Waals surface area contributed by atoms with Crippen LogP contribution in [-0.4, -0.2) is 50.8 Å². The lowest BCUT2D eigenvalue weighted by Crippen LogP contribution is -2.51. The van der Waals surface area contributed by atoms with Crippen molar-refractivity contribution in [2.24, 2.45) is 23.7 Å². The van der Waals surface area contributed by atoms with Gasteiger partial charge in [0.15, 0.2) is 6.10 Å². The largest absolute Gasteiger partial charge is 0.509 e. The van der Waals surface area contributed by atoms with Gasteiger partial charge in [-0.15, -0.1) is 0 Å². The molecular weight excluding hydrogens is 348 g/mol.